The van der Waals surface area contributed by atoms with Crippen LogP contribution in [0.15, 0.2) is 24.3 Å². The summed E-state index contributed by atoms with van der Waals surface area (Å²) in [7, 11) is 0. The summed E-state index contributed by atoms with van der Waals surface area (Å²) in [6.45, 7) is 2.11. The van der Waals surface area contributed by atoms with Crippen LogP contribution in [0, 0.1) is 11.8 Å². The van der Waals surface area contributed by atoms with Crippen molar-refractivity contribution in [3.05, 3.63) is 24.3 Å². The van der Waals surface area contributed by atoms with Crippen LogP contribution < -0.4 is 0 Å². The SMILES string of the molecule is CCCCC[C@H](O)/C=C/C1C(C/C=C\CCCC(=O)O)C(=O)C[C@H]1O. The van der Waals surface area contributed by atoms with Crippen molar-refractivity contribution in [2.24, 2.45) is 11.8 Å². The fourth-order valence-electron chi connectivity index (χ4n) is 3.22. The normalized spacial score (nSPS) is 25.2. The van der Waals surface area contributed by atoms with E-state index in [1.54, 1.807) is 12.2 Å². The second kappa shape index (κ2) is 12.0. The number of hydrogen-bond acceptors (Lipinski definition) is 4. The first kappa shape index (κ1) is 21.6. The molecule has 0 amide bonds. The Balaban J connectivity index is 2.48. The molecule has 0 spiro atoms. The Labute approximate surface area is 150 Å². The minimum Gasteiger partial charge on any atom is -0.481 e. The van der Waals surface area contributed by atoms with Gasteiger partial charge in [0.1, 0.15) is 5.78 Å². The van der Waals surface area contributed by atoms with Crippen molar-refractivity contribution in [2.75, 3.05) is 0 Å². The predicted octanol–water partition coefficient (Wildman–Crippen LogP) is 3.25. The van der Waals surface area contributed by atoms with Gasteiger partial charge >= 0.3 is 5.97 Å². The molecular formula is C20H32O5. The van der Waals surface area contributed by atoms with E-state index in [2.05, 4.69) is 6.92 Å². The number of aliphatic carboxylic acids is 1. The number of ketones is 1. The van der Waals surface area contributed by atoms with Gasteiger partial charge in [-0.3, -0.25) is 9.59 Å². The average Bonchev–Trinajstić information content (AvgIpc) is 2.82. The molecule has 1 rings (SSSR count). The Morgan fingerprint density at radius 2 is 2.04 bits per heavy atom. The van der Waals surface area contributed by atoms with E-state index in [0.29, 0.717) is 25.7 Å². The first-order chi connectivity index (χ1) is 12.0. The van der Waals surface area contributed by atoms with Crippen molar-refractivity contribution in [1.29, 1.82) is 0 Å². The molecule has 0 aromatic heterocycles. The molecule has 2 unspecified atom stereocenters. The van der Waals surface area contributed by atoms with Crippen LogP contribution in [-0.2, 0) is 9.59 Å². The maximum atomic E-state index is 12.1. The monoisotopic (exact) mass is 352 g/mol. The van der Waals surface area contributed by atoms with Crippen LogP contribution in [0.3, 0.4) is 0 Å². The van der Waals surface area contributed by atoms with Gasteiger partial charge in [-0.25, -0.2) is 0 Å². The van der Waals surface area contributed by atoms with Crippen LogP contribution in [-0.4, -0.2) is 39.3 Å². The van der Waals surface area contributed by atoms with Crippen LogP contribution in [0.25, 0.3) is 0 Å². The number of carboxylic acids is 1. The molecular weight excluding hydrogens is 320 g/mol. The molecule has 1 fully saturated rings. The molecule has 25 heavy (non-hydrogen) atoms. The van der Waals surface area contributed by atoms with Gasteiger partial charge in [-0.15, -0.1) is 0 Å². The lowest BCUT2D eigenvalue weighted by atomic mass is 9.90. The maximum Gasteiger partial charge on any atom is 0.303 e. The number of aliphatic hydroxyl groups is 2. The second-order valence-electron chi connectivity index (χ2n) is 6.86. The van der Waals surface area contributed by atoms with Crippen molar-refractivity contribution in [2.45, 2.75) is 76.9 Å². The van der Waals surface area contributed by atoms with E-state index in [4.69, 9.17) is 5.11 Å². The Morgan fingerprint density at radius 1 is 1.28 bits per heavy atom. The first-order valence-corrected chi connectivity index (χ1v) is 9.39. The van der Waals surface area contributed by atoms with Crippen molar-refractivity contribution in [3.63, 3.8) is 0 Å². The molecule has 1 aliphatic carbocycles. The van der Waals surface area contributed by atoms with E-state index in [0.717, 1.165) is 19.3 Å². The minimum atomic E-state index is -0.801. The second-order valence-corrected chi connectivity index (χ2v) is 6.86. The third kappa shape index (κ3) is 8.45. The summed E-state index contributed by atoms with van der Waals surface area (Å²) in [5, 5.41) is 28.7. The van der Waals surface area contributed by atoms with E-state index < -0.39 is 18.2 Å². The fourth-order valence-corrected chi connectivity index (χ4v) is 3.22. The van der Waals surface area contributed by atoms with E-state index >= 15 is 0 Å². The molecule has 5 nitrogen and oxygen atoms in total. The lowest BCUT2D eigenvalue weighted by molar-refractivity contribution is -0.137. The number of unbranched alkanes of at least 4 members (excludes halogenated alkanes) is 3. The van der Waals surface area contributed by atoms with Gasteiger partial charge in [0, 0.05) is 24.7 Å². The Kier molecular flexibility index (Phi) is 10.3. The van der Waals surface area contributed by atoms with Gasteiger partial charge < -0.3 is 15.3 Å². The zero-order chi connectivity index (χ0) is 18.7. The summed E-state index contributed by atoms with van der Waals surface area (Å²) in [6.07, 6.45) is 12.1. The van der Waals surface area contributed by atoms with E-state index in [-0.39, 0.29) is 30.5 Å². The summed E-state index contributed by atoms with van der Waals surface area (Å²) in [4.78, 5) is 22.5. The van der Waals surface area contributed by atoms with Crippen LogP contribution >= 0.6 is 0 Å². The van der Waals surface area contributed by atoms with Crippen LogP contribution in [0.5, 0.6) is 0 Å². The Morgan fingerprint density at radius 3 is 2.72 bits per heavy atom. The molecule has 0 aliphatic heterocycles. The summed E-state index contributed by atoms with van der Waals surface area (Å²) >= 11 is 0. The fraction of sp³-hybridized carbons (Fsp3) is 0.700. The number of hydrogen-bond donors (Lipinski definition) is 3. The molecule has 0 aromatic carbocycles. The van der Waals surface area contributed by atoms with Gasteiger partial charge in [-0.05, 0) is 25.7 Å². The number of carboxylic acid groups (broad SMARTS) is 1. The molecule has 1 aliphatic rings. The van der Waals surface area contributed by atoms with Crippen molar-refractivity contribution >= 4 is 11.8 Å². The summed E-state index contributed by atoms with van der Waals surface area (Å²) in [6, 6.07) is 0. The first-order valence-electron chi connectivity index (χ1n) is 9.39. The zero-order valence-electron chi connectivity index (χ0n) is 15.1. The van der Waals surface area contributed by atoms with Gasteiger partial charge in [0.2, 0.25) is 0 Å². The number of carbonyl (C=O) groups excluding carboxylic acids is 1. The van der Waals surface area contributed by atoms with Gasteiger partial charge in [-0.2, -0.15) is 0 Å². The highest BCUT2D eigenvalue weighted by Crippen LogP contribution is 2.33. The molecule has 4 atom stereocenters. The van der Waals surface area contributed by atoms with Gasteiger partial charge in [0.05, 0.1) is 12.2 Å². The smallest absolute Gasteiger partial charge is 0.303 e. The highest BCUT2D eigenvalue weighted by atomic mass is 16.4. The number of allylic oxidation sites excluding steroid dienone is 2. The topological polar surface area (TPSA) is 94.8 Å². The Hall–Kier alpha value is -1.46. The quantitative estimate of drug-likeness (QED) is 0.370. The third-order valence-electron chi connectivity index (χ3n) is 4.71. The number of aliphatic hydroxyl groups excluding tert-OH is 2. The molecule has 0 saturated heterocycles. The number of Topliss-reactive ketones (excluding diaryl/α,β-unsaturated/α-hetero) is 1. The molecule has 0 heterocycles. The Bertz CT molecular complexity index is 469. The average molecular weight is 352 g/mol. The van der Waals surface area contributed by atoms with Gasteiger partial charge in [-0.1, -0.05) is 50.5 Å². The van der Waals surface area contributed by atoms with Gasteiger partial charge in [0.25, 0.3) is 0 Å². The molecule has 0 radical (unpaired) electrons. The van der Waals surface area contributed by atoms with E-state index in [9.17, 15) is 19.8 Å². The number of rotatable bonds is 12. The molecule has 142 valence electrons. The summed E-state index contributed by atoms with van der Waals surface area (Å²) < 4.78 is 0. The van der Waals surface area contributed by atoms with Crippen molar-refractivity contribution in [3.8, 4) is 0 Å². The largest absolute Gasteiger partial charge is 0.481 e. The van der Waals surface area contributed by atoms with Crippen LogP contribution in [0.4, 0.5) is 0 Å². The van der Waals surface area contributed by atoms with E-state index in [1.165, 1.54) is 0 Å². The molecule has 5 heteroatoms. The molecule has 0 bridgehead atoms. The van der Waals surface area contributed by atoms with Crippen molar-refractivity contribution < 1.29 is 24.9 Å². The zero-order valence-corrected chi connectivity index (χ0v) is 15.1. The lowest BCUT2D eigenvalue weighted by Gasteiger charge is -2.16. The summed E-state index contributed by atoms with van der Waals surface area (Å²) in [5.74, 6) is -1.26. The summed E-state index contributed by atoms with van der Waals surface area (Å²) in [5.41, 5.74) is 0. The maximum absolute atomic E-state index is 12.1. The van der Waals surface area contributed by atoms with Gasteiger partial charge in [0.15, 0.2) is 0 Å². The van der Waals surface area contributed by atoms with Crippen molar-refractivity contribution in [1.82, 2.24) is 0 Å². The number of carbonyl (C=O) groups is 2. The standard InChI is InChI=1S/C20H32O5/c1-2-3-6-9-15(21)12-13-17-16(18(22)14-19(17)23)10-7-4-5-8-11-20(24)25/h4,7,12-13,15-17,19,21,23H,2-3,5-6,8-11,14H2,1H3,(H,24,25)/b7-4-,13-12+/t15-,16?,17?,19+/m0/s1. The molecule has 1 saturated carbocycles. The molecule has 3 N–H and O–H groups in total. The van der Waals surface area contributed by atoms with Crippen LogP contribution in [0.2, 0.25) is 0 Å². The third-order valence-corrected chi connectivity index (χ3v) is 4.71. The highest BCUT2D eigenvalue weighted by Gasteiger charge is 2.39. The predicted molar refractivity (Wildman–Crippen MR) is 97.1 cm³/mol. The van der Waals surface area contributed by atoms with E-state index in [1.807, 2.05) is 12.2 Å². The highest BCUT2D eigenvalue weighted by molar-refractivity contribution is 5.84. The minimum absolute atomic E-state index is 0.0535. The lowest BCUT2D eigenvalue weighted by Crippen LogP contribution is -2.18. The molecule has 0 aromatic rings. The van der Waals surface area contributed by atoms with Crippen LogP contribution in [0.1, 0.15) is 64.7 Å².